The van der Waals surface area contributed by atoms with Gasteiger partial charge in [-0.1, -0.05) is 74.9 Å². The second-order valence-electron chi connectivity index (χ2n) is 10.4. The van der Waals surface area contributed by atoms with Crippen LogP contribution in [0.25, 0.3) is 11.0 Å². The molecule has 0 atom stereocenters. The number of carbonyl (C=O) groups is 1. The number of ether oxygens (including phenoxy) is 1. The van der Waals surface area contributed by atoms with Crippen LogP contribution in [0, 0.1) is 6.92 Å². The van der Waals surface area contributed by atoms with Gasteiger partial charge in [0.15, 0.2) is 0 Å². The van der Waals surface area contributed by atoms with Gasteiger partial charge in [-0.2, -0.15) is 0 Å². The average Bonchev–Trinajstić information content (AvgIpc) is 3.27. The third-order valence-corrected chi connectivity index (χ3v) is 6.98. The highest BCUT2D eigenvalue weighted by molar-refractivity contribution is 5.76. The molecule has 0 aliphatic heterocycles. The van der Waals surface area contributed by atoms with Crippen molar-refractivity contribution in [2.45, 2.75) is 71.8 Å². The smallest absolute Gasteiger partial charge is 0.220 e. The number of hydrogen-bond acceptors (Lipinski definition) is 3. The quantitative estimate of drug-likeness (QED) is 0.185. The Kier molecular flexibility index (Phi) is 9.97. The van der Waals surface area contributed by atoms with Crippen LogP contribution in [0.5, 0.6) is 5.75 Å². The van der Waals surface area contributed by atoms with E-state index in [1.807, 2.05) is 24.3 Å². The minimum Gasteiger partial charge on any atom is -0.491 e. The topological polar surface area (TPSA) is 56.1 Å². The van der Waals surface area contributed by atoms with Crippen molar-refractivity contribution in [3.05, 3.63) is 95.3 Å². The van der Waals surface area contributed by atoms with Gasteiger partial charge in [0.2, 0.25) is 5.91 Å². The number of benzene rings is 3. The monoisotopic (exact) mass is 511 g/mol. The van der Waals surface area contributed by atoms with Crippen LogP contribution in [0.2, 0.25) is 0 Å². The summed E-state index contributed by atoms with van der Waals surface area (Å²) in [6.07, 6.45) is 5.32. The summed E-state index contributed by atoms with van der Waals surface area (Å²) in [5.74, 6) is 2.64. The van der Waals surface area contributed by atoms with E-state index in [9.17, 15) is 4.79 Å². The van der Waals surface area contributed by atoms with Crippen molar-refractivity contribution >= 4 is 16.9 Å². The Morgan fingerprint density at radius 1 is 0.947 bits per heavy atom. The largest absolute Gasteiger partial charge is 0.491 e. The Morgan fingerprint density at radius 3 is 2.55 bits per heavy atom. The molecule has 5 nitrogen and oxygen atoms in total. The molecular formula is C33H41N3O2. The van der Waals surface area contributed by atoms with E-state index in [0.717, 1.165) is 67.8 Å². The number of rotatable bonds is 14. The van der Waals surface area contributed by atoms with Crippen LogP contribution in [0.1, 0.15) is 68.0 Å². The van der Waals surface area contributed by atoms with Gasteiger partial charge in [-0.05, 0) is 67.0 Å². The van der Waals surface area contributed by atoms with Crippen molar-refractivity contribution in [3.63, 3.8) is 0 Å². The first-order chi connectivity index (χ1) is 18.5. The molecule has 0 saturated carbocycles. The van der Waals surface area contributed by atoms with Crippen LogP contribution in [0.4, 0.5) is 0 Å². The van der Waals surface area contributed by atoms with Crippen molar-refractivity contribution in [2.75, 3.05) is 13.2 Å². The third-order valence-electron chi connectivity index (χ3n) is 6.98. The fraction of sp³-hybridized carbons (Fsp3) is 0.394. The van der Waals surface area contributed by atoms with Crippen LogP contribution in [-0.2, 0) is 24.2 Å². The Morgan fingerprint density at radius 2 is 1.74 bits per heavy atom. The molecule has 1 amide bonds. The van der Waals surface area contributed by atoms with Gasteiger partial charge < -0.3 is 14.6 Å². The number of carbonyl (C=O) groups excluding carboxylic acids is 1. The number of aromatic nitrogens is 2. The summed E-state index contributed by atoms with van der Waals surface area (Å²) in [6, 6.07) is 25.0. The number of nitrogens with zero attached hydrogens (tertiary/aromatic N) is 2. The van der Waals surface area contributed by atoms with Crippen molar-refractivity contribution in [2.24, 2.45) is 0 Å². The third kappa shape index (κ3) is 7.70. The van der Waals surface area contributed by atoms with E-state index in [2.05, 4.69) is 79.2 Å². The van der Waals surface area contributed by atoms with Crippen molar-refractivity contribution in [3.8, 4) is 5.75 Å². The molecular weight excluding hydrogens is 470 g/mol. The Hall–Kier alpha value is -3.60. The van der Waals surface area contributed by atoms with E-state index >= 15 is 0 Å². The number of amides is 1. The zero-order chi connectivity index (χ0) is 26.7. The highest BCUT2D eigenvalue weighted by Gasteiger charge is 2.12. The van der Waals surface area contributed by atoms with Gasteiger partial charge >= 0.3 is 0 Å². The summed E-state index contributed by atoms with van der Waals surface area (Å²) in [4.78, 5) is 17.1. The molecule has 0 aliphatic carbocycles. The Labute approximate surface area is 227 Å². The summed E-state index contributed by atoms with van der Waals surface area (Å²) in [7, 11) is 0. The lowest BCUT2D eigenvalue weighted by Crippen LogP contribution is -2.24. The van der Waals surface area contributed by atoms with E-state index in [1.165, 1.54) is 16.7 Å². The fourth-order valence-electron chi connectivity index (χ4n) is 4.86. The molecule has 0 radical (unpaired) electrons. The molecule has 200 valence electrons. The van der Waals surface area contributed by atoms with E-state index in [4.69, 9.17) is 9.72 Å². The second-order valence-corrected chi connectivity index (χ2v) is 10.4. The molecule has 5 heteroatoms. The van der Waals surface area contributed by atoms with Crippen LogP contribution in [0.3, 0.4) is 0 Å². The number of imidazole rings is 1. The normalized spacial score (nSPS) is 11.3. The Balaban J connectivity index is 1.25. The predicted octanol–water partition coefficient (Wildman–Crippen LogP) is 7.01. The number of fused-ring (bicyclic) bond motifs is 1. The summed E-state index contributed by atoms with van der Waals surface area (Å²) in [5, 5.41) is 3.07. The molecule has 1 N–H and O–H groups in total. The number of para-hydroxylation sites is 2. The van der Waals surface area contributed by atoms with Gasteiger partial charge in [0.25, 0.3) is 0 Å². The van der Waals surface area contributed by atoms with Crippen LogP contribution in [0.15, 0.2) is 72.8 Å². The van der Waals surface area contributed by atoms with Gasteiger partial charge in [-0.25, -0.2) is 4.98 Å². The maximum Gasteiger partial charge on any atom is 0.220 e. The zero-order valence-corrected chi connectivity index (χ0v) is 23.1. The molecule has 3 aromatic carbocycles. The lowest BCUT2D eigenvalue weighted by atomic mass is 10.0. The minimum absolute atomic E-state index is 0.130. The fourth-order valence-corrected chi connectivity index (χ4v) is 4.86. The van der Waals surface area contributed by atoms with Crippen molar-refractivity contribution < 1.29 is 9.53 Å². The number of unbranched alkanes of at least 4 members (excludes halogenated alkanes) is 2. The van der Waals surface area contributed by atoms with Gasteiger partial charge in [0.1, 0.15) is 18.2 Å². The molecule has 0 bridgehead atoms. The maximum absolute atomic E-state index is 12.2. The highest BCUT2D eigenvalue weighted by atomic mass is 16.5. The standard InChI is InChI=1S/C33H41N3O2/c1-25(2)28-19-17-26(3)24-31(28)38-23-22-36-30-15-10-9-14-29(30)35-32(36)16-8-5-11-21-34-33(37)20-18-27-12-6-4-7-13-27/h4,6-7,9-10,12-15,17,19,24-25H,5,8,11,16,18,20-23H2,1-3H3,(H,34,37). The van der Waals surface area contributed by atoms with E-state index < -0.39 is 0 Å². The van der Waals surface area contributed by atoms with Gasteiger partial charge in [0.05, 0.1) is 17.6 Å². The number of hydrogen-bond donors (Lipinski definition) is 1. The van der Waals surface area contributed by atoms with E-state index in [1.54, 1.807) is 0 Å². The average molecular weight is 512 g/mol. The molecule has 1 heterocycles. The van der Waals surface area contributed by atoms with Crippen LogP contribution >= 0.6 is 0 Å². The Bertz CT molecular complexity index is 1310. The van der Waals surface area contributed by atoms with Gasteiger partial charge in [0, 0.05) is 19.4 Å². The first-order valence-corrected chi connectivity index (χ1v) is 14.0. The first-order valence-electron chi connectivity index (χ1n) is 14.0. The predicted molar refractivity (Wildman–Crippen MR) is 156 cm³/mol. The maximum atomic E-state index is 12.2. The lowest BCUT2D eigenvalue weighted by Gasteiger charge is -2.16. The molecule has 0 fully saturated rings. The molecule has 0 unspecified atom stereocenters. The minimum atomic E-state index is 0.130. The molecule has 38 heavy (non-hydrogen) atoms. The van der Waals surface area contributed by atoms with Gasteiger partial charge in [-0.3, -0.25) is 4.79 Å². The summed E-state index contributed by atoms with van der Waals surface area (Å²) >= 11 is 0. The second kappa shape index (κ2) is 13.8. The first kappa shape index (κ1) is 27.4. The van der Waals surface area contributed by atoms with Crippen molar-refractivity contribution in [1.29, 1.82) is 0 Å². The molecule has 4 aromatic rings. The number of nitrogens with one attached hydrogen (secondary N) is 1. The van der Waals surface area contributed by atoms with E-state index in [-0.39, 0.29) is 5.91 Å². The highest BCUT2D eigenvalue weighted by Crippen LogP contribution is 2.28. The molecule has 0 aliphatic rings. The molecule has 0 spiro atoms. The summed E-state index contributed by atoms with van der Waals surface area (Å²) < 4.78 is 8.61. The summed E-state index contributed by atoms with van der Waals surface area (Å²) in [5.41, 5.74) is 5.86. The zero-order valence-electron chi connectivity index (χ0n) is 23.1. The number of aryl methyl sites for hydroxylation is 3. The summed E-state index contributed by atoms with van der Waals surface area (Å²) in [6.45, 7) is 8.61. The van der Waals surface area contributed by atoms with Gasteiger partial charge in [-0.15, -0.1) is 0 Å². The molecule has 0 saturated heterocycles. The van der Waals surface area contributed by atoms with Crippen molar-refractivity contribution in [1.82, 2.24) is 14.9 Å². The SMILES string of the molecule is Cc1ccc(C(C)C)c(OCCn2c(CCCCCNC(=O)CCc3ccccc3)nc3ccccc32)c1. The lowest BCUT2D eigenvalue weighted by molar-refractivity contribution is -0.121. The molecule has 1 aromatic heterocycles. The van der Waals surface area contributed by atoms with Crippen LogP contribution < -0.4 is 10.1 Å². The van der Waals surface area contributed by atoms with E-state index in [0.29, 0.717) is 18.9 Å². The molecule has 4 rings (SSSR count). The van der Waals surface area contributed by atoms with Crippen LogP contribution in [-0.4, -0.2) is 28.6 Å².